The minimum atomic E-state index is -0.991. The third kappa shape index (κ3) is 7.97. The highest BCUT2D eigenvalue weighted by Gasteiger charge is 2.12. The number of carbonyl (C=O) groups excluding carboxylic acids is 1. The van der Waals surface area contributed by atoms with E-state index in [2.05, 4.69) is 12.2 Å². The van der Waals surface area contributed by atoms with Gasteiger partial charge in [-0.2, -0.15) is 0 Å². The van der Waals surface area contributed by atoms with Crippen LogP contribution in [0, 0.1) is 0 Å². The minimum absolute atomic E-state index is 0.165. The van der Waals surface area contributed by atoms with Crippen LogP contribution in [0.4, 0.5) is 0 Å². The quantitative estimate of drug-likeness (QED) is 0.608. The van der Waals surface area contributed by atoms with Crippen molar-refractivity contribution in [2.75, 3.05) is 0 Å². The van der Waals surface area contributed by atoms with E-state index in [-0.39, 0.29) is 5.91 Å². The predicted octanol–water partition coefficient (Wildman–Crippen LogP) is 1.94. The summed E-state index contributed by atoms with van der Waals surface area (Å²) >= 11 is 0. The standard InChI is InChI=1S/C11H21NO3/c1-3-4-5-6-7-8-10(13)12-9(2)11(14)15/h9H,3-8H2,1-2H3,(H,12,13)(H,14,15)/t9-/m0/s1. The number of carboxylic acid groups (broad SMARTS) is 1. The lowest BCUT2D eigenvalue weighted by Gasteiger charge is -2.08. The van der Waals surface area contributed by atoms with Crippen LogP contribution in [0.15, 0.2) is 0 Å². The fourth-order valence-electron chi connectivity index (χ4n) is 1.26. The first kappa shape index (κ1) is 13.9. The number of nitrogens with one attached hydrogen (secondary N) is 1. The van der Waals surface area contributed by atoms with Gasteiger partial charge in [-0.15, -0.1) is 0 Å². The van der Waals surface area contributed by atoms with E-state index in [0.717, 1.165) is 19.3 Å². The summed E-state index contributed by atoms with van der Waals surface area (Å²) in [4.78, 5) is 21.7. The van der Waals surface area contributed by atoms with E-state index in [9.17, 15) is 9.59 Å². The van der Waals surface area contributed by atoms with Gasteiger partial charge in [0.05, 0.1) is 0 Å². The molecule has 0 bridgehead atoms. The van der Waals surface area contributed by atoms with Crippen LogP contribution in [0.25, 0.3) is 0 Å². The van der Waals surface area contributed by atoms with Crippen molar-refractivity contribution in [3.05, 3.63) is 0 Å². The monoisotopic (exact) mass is 215 g/mol. The van der Waals surface area contributed by atoms with Crippen molar-refractivity contribution in [1.29, 1.82) is 0 Å². The van der Waals surface area contributed by atoms with Crippen LogP contribution in [0.1, 0.15) is 52.4 Å². The van der Waals surface area contributed by atoms with Gasteiger partial charge in [-0.3, -0.25) is 9.59 Å². The summed E-state index contributed by atoms with van der Waals surface area (Å²) in [5.41, 5.74) is 0. The van der Waals surface area contributed by atoms with Crippen molar-refractivity contribution >= 4 is 11.9 Å². The average Bonchev–Trinajstić information content (AvgIpc) is 2.17. The van der Waals surface area contributed by atoms with E-state index in [4.69, 9.17) is 5.11 Å². The number of unbranched alkanes of at least 4 members (excludes halogenated alkanes) is 4. The number of carbonyl (C=O) groups is 2. The van der Waals surface area contributed by atoms with E-state index < -0.39 is 12.0 Å². The molecule has 0 heterocycles. The third-order valence-corrected chi connectivity index (χ3v) is 2.26. The molecule has 1 atom stereocenters. The van der Waals surface area contributed by atoms with E-state index in [1.54, 1.807) is 0 Å². The first-order valence-electron chi connectivity index (χ1n) is 5.60. The molecule has 0 aliphatic heterocycles. The van der Waals surface area contributed by atoms with E-state index >= 15 is 0 Å². The first-order valence-corrected chi connectivity index (χ1v) is 5.60. The van der Waals surface area contributed by atoms with Gasteiger partial charge in [0.1, 0.15) is 6.04 Å². The lowest BCUT2D eigenvalue weighted by atomic mass is 10.1. The summed E-state index contributed by atoms with van der Waals surface area (Å²) in [6, 6.07) is -0.784. The maximum atomic E-state index is 11.2. The number of aliphatic carboxylic acids is 1. The van der Waals surface area contributed by atoms with Crippen LogP contribution in [0.3, 0.4) is 0 Å². The summed E-state index contributed by atoms with van der Waals surface area (Å²) in [6.07, 6.45) is 5.86. The molecule has 0 aromatic heterocycles. The number of rotatable bonds is 8. The molecule has 4 heteroatoms. The van der Waals surface area contributed by atoms with Gasteiger partial charge in [-0.1, -0.05) is 32.6 Å². The van der Waals surface area contributed by atoms with Gasteiger partial charge < -0.3 is 10.4 Å². The molecule has 0 fully saturated rings. The Hall–Kier alpha value is -1.06. The van der Waals surface area contributed by atoms with Crippen LogP contribution < -0.4 is 5.32 Å². The molecular formula is C11H21NO3. The largest absolute Gasteiger partial charge is 0.480 e. The minimum Gasteiger partial charge on any atom is -0.480 e. The molecule has 0 aromatic carbocycles. The van der Waals surface area contributed by atoms with Crippen LogP contribution in [0.2, 0.25) is 0 Å². The Labute approximate surface area is 91.1 Å². The van der Waals surface area contributed by atoms with Gasteiger partial charge in [-0.25, -0.2) is 0 Å². The zero-order valence-corrected chi connectivity index (χ0v) is 9.58. The molecule has 15 heavy (non-hydrogen) atoms. The Morgan fingerprint density at radius 2 is 1.80 bits per heavy atom. The summed E-state index contributed by atoms with van der Waals surface area (Å²) in [6.45, 7) is 3.61. The zero-order valence-electron chi connectivity index (χ0n) is 9.58. The van der Waals surface area contributed by atoms with E-state index in [1.165, 1.54) is 19.8 Å². The molecular weight excluding hydrogens is 194 g/mol. The lowest BCUT2D eigenvalue weighted by Crippen LogP contribution is -2.38. The van der Waals surface area contributed by atoms with Crippen LogP contribution in [0.5, 0.6) is 0 Å². The smallest absolute Gasteiger partial charge is 0.325 e. The van der Waals surface area contributed by atoms with Crippen molar-refractivity contribution in [3.8, 4) is 0 Å². The van der Waals surface area contributed by atoms with Gasteiger partial charge in [0.15, 0.2) is 0 Å². The summed E-state index contributed by atoms with van der Waals surface area (Å²) in [7, 11) is 0. The molecule has 2 N–H and O–H groups in total. The Balaban J connectivity index is 3.45. The highest BCUT2D eigenvalue weighted by Crippen LogP contribution is 2.04. The molecule has 0 aromatic rings. The number of carboxylic acids is 1. The van der Waals surface area contributed by atoms with Crippen molar-refractivity contribution in [3.63, 3.8) is 0 Å². The van der Waals surface area contributed by atoms with Gasteiger partial charge in [0.2, 0.25) is 5.91 Å². The molecule has 0 rings (SSSR count). The maximum Gasteiger partial charge on any atom is 0.325 e. The summed E-state index contributed by atoms with van der Waals surface area (Å²) < 4.78 is 0. The highest BCUT2D eigenvalue weighted by atomic mass is 16.4. The van der Waals surface area contributed by atoms with Crippen molar-refractivity contribution in [2.45, 2.75) is 58.4 Å². The van der Waals surface area contributed by atoms with Gasteiger partial charge in [-0.05, 0) is 13.3 Å². The Morgan fingerprint density at radius 3 is 2.33 bits per heavy atom. The molecule has 1 amide bonds. The SMILES string of the molecule is CCCCCCCC(=O)N[C@@H](C)C(=O)O. The van der Waals surface area contributed by atoms with Crippen molar-refractivity contribution < 1.29 is 14.7 Å². The average molecular weight is 215 g/mol. The Bertz CT molecular complexity index is 204. The summed E-state index contributed by atoms with van der Waals surface area (Å²) in [5.74, 6) is -1.16. The van der Waals surface area contributed by atoms with Crippen molar-refractivity contribution in [2.24, 2.45) is 0 Å². The van der Waals surface area contributed by atoms with Crippen molar-refractivity contribution in [1.82, 2.24) is 5.32 Å². The van der Waals surface area contributed by atoms with Gasteiger partial charge in [0.25, 0.3) is 0 Å². The molecule has 0 saturated heterocycles. The maximum absolute atomic E-state index is 11.2. The summed E-state index contributed by atoms with van der Waals surface area (Å²) in [5, 5.41) is 11.0. The number of hydrogen-bond donors (Lipinski definition) is 2. The molecule has 0 radical (unpaired) electrons. The molecule has 0 spiro atoms. The van der Waals surface area contributed by atoms with Gasteiger partial charge >= 0.3 is 5.97 Å². The van der Waals surface area contributed by atoms with Crippen LogP contribution in [-0.2, 0) is 9.59 Å². The normalized spacial score (nSPS) is 12.1. The van der Waals surface area contributed by atoms with Crippen LogP contribution >= 0.6 is 0 Å². The molecule has 0 saturated carbocycles. The van der Waals surface area contributed by atoms with Crippen LogP contribution in [-0.4, -0.2) is 23.0 Å². The Morgan fingerprint density at radius 1 is 1.20 bits per heavy atom. The second kappa shape index (κ2) is 8.26. The molecule has 0 aliphatic carbocycles. The van der Waals surface area contributed by atoms with Gasteiger partial charge in [0, 0.05) is 6.42 Å². The lowest BCUT2D eigenvalue weighted by molar-refractivity contribution is -0.141. The predicted molar refractivity (Wildman–Crippen MR) is 58.6 cm³/mol. The number of amides is 1. The second-order valence-corrected chi connectivity index (χ2v) is 3.79. The Kier molecular flexibility index (Phi) is 7.68. The molecule has 0 unspecified atom stereocenters. The third-order valence-electron chi connectivity index (χ3n) is 2.26. The fourth-order valence-corrected chi connectivity index (χ4v) is 1.26. The molecule has 88 valence electrons. The topological polar surface area (TPSA) is 66.4 Å². The first-order chi connectivity index (χ1) is 7.07. The second-order valence-electron chi connectivity index (χ2n) is 3.79. The molecule has 0 aliphatic rings. The van der Waals surface area contributed by atoms with E-state index in [0.29, 0.717) is 6.42 Å². The highest BCUT2D eigenvalue weighted by molar-refractivity contribution is 5.83. The van der Waals surface area contributed by atoms with E-state index in [1.807, 2.05) is 0 Å². The zero-order chi connectivity index (χ0) is 11.7. The fraction of sp³-hybridized carbons (Fsp3) is 0.818. The number of hydrogen-bond acceptors (Lipinski definition) is 2. The molecule has 4 nitrogen and oxygen atoms in total.